The number of benzene rings is 2. The molecule has 1 N–H and O–H groups in total. The highest BCUT2D eigenvalue weighted by Gasteiger charge is 2.27. The van der Waals surface area contributed by atoms with Crippen LogP contribution in [0.1, 0.15) is 28.9 Å². The highest BCUT2D eigenvalue weighted by Crippen LogP contribution is 2.25. The highest BCUT2D eigenvalue weighted by atomic mass is 35.5. The Bertz CT molecular complexity index is 976. The number of carbonyl (C=O) groups is 1. The zero-order valence-corrected chi connectivity index (χ0v) is 17.5. The smallest absolute Gasteiger partial charge is 0.253 e. The van der Waals surface area contributed by atoms with Crippen molar-refractivity contribution in [1.82, 2.24) is 9.62 Å². The molecule has 28 heavy (non-hydrogen) atoms. The van der Waals surface area contributed by atoms with Gasteiger partial charge >= 0.3 is 0 Å². The van der Waals surface area contributed by atoms with E-state index in [1.807, 2.05) is 13.0 Å². The minimum Gasteiger partial charge on any atom is -0.379 e. The van der Waals surface area contributed by atoms with Gasteiger partial charge in [0.25, 0.3) is 5.91 Å². The monoisotopic (exact) mass is 442 g/mol. The van der Waals surface area contributed by atoms with Gasteiger partial charge in [-0.15, -0.1) is 0 Å². The van der Waals surface area contributed by atoms with Crippen LogP contribution in [0, 0.1) is 0 Å². The van der Waals surface area contributed by atoms with Crippen LogP contribution < -0.4 is 5.32 Å². The third-order valence-corrected chi connectivity index (χ3v) is 6.95. The van der Waals surface area contributed by atoms with Gasteiger partial charge in [-0.2, -0.15) is 4.31 Å². The average molecular weight is 443 g/mol. The van der Waals surface area contributed by atoms with Crippen molar-refractivity contribution in [2.45, 2.75) is 17.9 Å². The summed E-state index contributed by atoms with van der Waals surface area (Å²) >= 11 is 12.2. The van der Waals surface area contributed by atoms with Crippen LogP contribution in [0.15, 0.2) is 47.4 Å². The molecule has 1 atom stereocenters. The van der Waals surface area contributed by atoms with Crippen LogP contribution in [0.3, 0.4) is 0 Å². The Labute approximate surface area is 174 Å². The SMILES string of the molecule is C[C@H](NC(=O)c1cc(S(=O)(=O)N2CCOCC2)ccc1Cl)c1cccc(Cl)c1. The van der Waals surface area contributed by atoms with Gasteiger partial charge in [-0.05, 0) is 42.8 Å². The van der Waals surface area contributed by atoms with E-state index in [4.69, 9.17) is 27.9 Å². The quantitative estimate of drug-likeness (QED) is 0.768. The van der Waals surface area contributed by atoms with E-state index in [9.17, 15) is 13.2 Å². The third kappa shape index (κ3) is 4.67. The first-order chi connectivity index (χ1) is 13.3. The van der Waals surface area contributed by atoms with Gasteiger partial charge in [0.05, 0.1) is 34.7 Å². The number of hydrogen-bond acceptors (Lipinski definition) is 4. The van der Waals surface area contributed by atoms with Crippen molar-refractivity contribution >= 4 is 39.1 Å². The van der Waals surface area contributed by atoms with Gasteiger partial charge in [0.1, 0.15) is 0 Å². The molecule has 3 rings (SSSR count). The molecule has 0 radical (unpaired) electrons. The molecule has 9 heteroatoms. The maximum Gasteiger partial charge on any atom is 0.253 e. The molecule has 2 aromatic carbocycles. The van der Waals surface area contributed by atoms with Gasteiger partial charge < -0.3 is 10.1 Å². The number of sulfonamides is 1. The van der Waals surface area contributed by atoms with Crippen LogP contribution in [0.4, 0.5) is 0 Å². The van der Waals surface area contributed by atoms with Gasteiger partial charge in [0.15, 0.2) is 0 Å². The summed E-state index contributed by atoms with van der Waals surface area (Å²) in [7, 11) is -3.72. The average Bonchev–Trinajstić information content (AvgIpc) is 2.68. The number of nitrogens with zero attached hydrogens (tertiary/aromatic N) is 1. The molecule has 1 heterocycles. The van der Waals surface area contributed by atoms with Gasteiger partial charge in [0.2, 0.25) is 10.0 Å². The largest absolute Gasteiger partial charge is 0.379 e. The number of morpholine rings is 1. The van der Waals surface area contributed by atoms with Gasteiger partial charge in [0, 0.05) is 18.1 Å². The van der Waals surface area contributed by atoms with E-state index in [2.05, 4.69) is 5.32 Å². The van der Waals surface area contributed by atoms with Crippen molar-refractivity contribution in [1.29, 1.82) is 0 Å². The first kappa shape index (κ1) is 21.1. The van der Waals surface area contributed by atoms with Crippen LogP contribution in [-0.4, -0.2) is 44.9 Å². The maximum atomic E-state index is 12.8. The van der Waals surface area contributed by atoms with Crippen LogP contribution in [0.2, 0.25) is 10.0 Å². The molecule has 150 valence electrons. The number of hydrogen-bond donors (Lipinski definition) is 1. The second-order valence-electron chi connectivity index (χ2n) is 6.41. The molecule has 1 fully saturated rings. The fraction of sp³-hybridized carbons (Fsp3) is 0.316. The third-order valence-electron chi connectivity index (χ3n) is 4.49. The fourth-order valence-corrected chi connectivity index (χ4v) is 4.75. The van der Waals surface area contributed by atoms with E-state index < -0.39 is 15.9 Å². The first-order valence-corrected chi connectivity index (χ1v) is 10.9. The van der Waals surface area contributed by atoms with Crippen LogP contribution in [0.5, 0.6) is 0 Å². The standard InChI is InChI=1S/C19H20Cl2N2O4S/c1-13(14-3-2-4-15(20)11-14)22-19(24)17-12-16(5-6-18(17)21)28(25,26)23-7-9-27-10-8-23/h2-6,11-13H,7-10H2,1H3,(H,22,24)/t13-/m0/s1. The Balaban J connectivity index is 1.83. The molecule has 0 saturated carbocycles. The first-order valence-electron chi connectivity index (χ1n) is 8.73. The van der Waals surface area contributed by atoms with E-state index in [1.54, 1.807) is 18.2 Å². The van der Waals surface area contributed by atoms with Crippen molar-refractivity contribution in [3.8, 4) is 0 Å². The lowest BCUT2D eigenvalue weighted by molar-refractivity contribution is 0.0730. The molecule has 0 bridgehead atoms. The summed E-state index contributed by atoms with van der Waals surface area (Å²) in [6, 6.07) is 11.0. The lowest BCUT2D eigenvalue weighted by Crippen LogP contribution is -2.40. The topological polar surface area (TPSA) is 75.7 Å². The molecule has 0 aromatic heterocycles. The number of nitrogens with one attached hydrogen (secondary N) is 1. The Morgan fingerprint density at radius 2 is 1.86 bits per heavy atom. The molecule has 2 aromatic rings. The van der Waals surface area contributed by atoms with Gasteiger partial charge in [-0.3, -0.25) is 4.79 Å². The van der Waals surface area contributed by atoms with E-state index >= 15 is 0 Å². The van der Waals surface area contributed by atoms with E-state index in [0.717, 1.165) is 5.56 Å². The molecular formula is C19H20Cl2N2O4S. The van der Waals surface area contributed by atoms with Gasteiger partial charge in [-0.25, -0.2) is 8.42 Å². The van der Waals surface area contributed by atoms with Crippen molar-refractivity contribution in [2.24, 2.45) is 0 Å². The molecule has 0 spiro atoms. The highest BCUT2D eigenvalue weighted by molar-refractivity contribution is 7.89. The van der Waals surface area contributed by atoms with E-state index in [0.29, 0.717) is 18.2 Å². The molecule has 6 nitrogen and oxygen atoms in total. The Morgan fingerprint density at radius 3 is 2.54 bits per heavy atom. The molecule has 1 saturated heterocycles. The summed E-state index contributed by atoms with van der Waals surface area (Å²) in [6.45, 7) is 3.05. The fourth-order valence-electron chi connectivity index (χ4n) is 2.91. The summed E-state index contributed by atoms with van der Waals surface area (Å²) in [4.78, 5) is 12.8. The van der Waals surface area contributed by atoms with E-state index in [-0.39, 0.29) is 34.6 Å². The number of halogens is 2. The zero-order chi connectivity index (χ0) is 20.3. The van der Waals surface area contributed by atoms with Crippen molar-refractivity contribution in [2.75, 3.05) is 26.3 Å². The Kier molecular flexibility index (Phi) is 6.62. The second-order valence-corrected chi connectivity index (χ2v) is 9.19. The zero-order valence-electron chi connectivity index (χ0n) is 15.2. The minimum atomic E-state index is -3.72. The molecule has 0 unspecified atom stereocenters. The summed E-state index contributed by atoms with van der Waals surface area (Å²) in [5.74, 6) is -0.462. The van der Waals surface area contributed by atoms with Crippen molar-refractivity contribution < 1.29 is 17.9 Å². The summed E-state index contributed by atoms with van der Waals surface area (Å²) in [5.41, 5.74) is 0.930. The molecule has 1 aliphatic heterocycles. The Morgan fingerprint density at radius 1 is 1.14 bits per heavy atom. The number of rotatable bonds is 5. The van der Waals surface area contributed by atoms with Crippen LogP contribution >= 0.6 is 23.2 Å². The van der Waals surface area contributed by atoms with Crippen LogP contribution in [0.25, 0.3) is 0 Å². The second kappa shape index (κ2) is 8.80. The number of ether oxygens (including phenoxy) is 1. The minimum absolute atomic E-state index is 0.0272. The lowest BCUT2D eigenvalue weighted by Gasteiger charge is -2.26. The normalized spacial score (nSPS) is 16.5. The molecule has 1 aliphatic rings. The summed E-state index contributed by atoms with van der Waals surface area (Å²) in [6.07, 6.45) is 0. The van der Waals surface area contributed by atoms with Crippen molar-refractivity contribution in [3.05, 3.63) is 63.6 Å². The van der Waals surface area contributed by atoms with E-state index in [1.165, 1.54) is 22.5 Å². The van der Waals surface area contributed by atoms with Gasteiger partial charge in [-0.1, -0.05) is 35.3 Å². The molecular weight excluding hydrogens is 423 g/mol. The number of amides is 1. The summed E-state index contributed by atoms with van der Waals surface area (Å²) in [5, 5.41) is 3.57. The molecule has 1 amide bonds. The number of carbonyl (C=O) groups excluding carboxylic acids is 1. The van der Waals surface area contributed by atoms with Crippen LogP contribution in [-0.2, 0) is 14.8 Å². The lowest BCUT2D eigenvalue weighted by atomic mass is 10.1. The predicted octanol–water partition coefficient (Wildman–Crippen LogP) is 3.51. The molecule has 0 aliphatic carbocycles. The summed E-state index contributed by atoms with van der Waals surface area (Å²) < 4.78 is 32.2. The predicted molar refractivity (Wildman–Crippen MR) is 108 cm³/mol. The van der Waals surface area contributed by atoms with Crippen molar-refractivity contribution in [3.63, 3.8) is 0 Å². The Hall–Kier alpha value is -1.64. The maximum absolute atomic E-state index is 12.8.